The van der Waals surface area contributed by atoms with Crippen molar-refractivity contribution in [3.8, 4) is 11.5 Å². The molecule has 2 rings (SSSR count). The molecule has 18 heavy (non-hydrogen) atoms. The molecule has 0 saturated carbocycles. The lowest BCUT2D eigenvalue weighted by atomic mass is 9.95. The van der Waals surface area contributed by atoms with Crippen LogP contribution in [0.1, 0.15) is 37.3 Å². The molecule has 0 saturated heterocycles. The fourth-order valence-corrected chi connectivity index (χ4v) is 2.47. The summed E-state index contributed by atoms with van der Waals surface area (Å²) in [7, 11) is 0. The lowest BCUT2D eigenvalue weighted by Crippen LogP contribution is -2.12. The van der Waals surface area contributed by atoms with E-state index in [1.807, 2.05) is 0 Å². The van der Waals surface area contributed by atoms with Gasteiger partial charge in [-0.15, -0.1) is 0 Å². The van der Waals surface area contributed by atoms with Gasteiger partial charge in [-0.25, -0.2) is 5.48 Å². The molecule has 0 spiro atoms. The van der Waals surface area contributed by atoms with E-state index in [-0.39, 0.29) is 5.92 Å². The number of halogens is 1. The average molecular weight is 272 g/mol. The van der Waals surface area contributed by atoms with Crippen molar-refractivity contribution >= 4 is 11.6 Å². The molecule has 1 aliphatic heterocycles. The first-order valence-corrected chi connectivity index (χ1v) is 6.50. The molecule has 2 N–H and O–H groups in total. The van der Waals surface area contributed by atoms with E-state index >= 15 is 0 Å². The Bertz CT molecular complexity index is 435. The van der Waals surface area contributed by atoms with E-state index in [0.29, 0.717) is 30.5 Å². The summed E-state index contributed by atoms with van der Waals surface area (Å²) in [4.78, 5) is 0. The van der Waals surface area contributed by atoms with E-state index in [9.17, 15) is 0 Å². The Kier molecular flexibility index (Phi) is 4.32. The molecule has 1 aliphatic rings. The molecule has 100 valence electrons. The fourth-order valence-electron chi connectivity index (χ4n) is 2.21. The van der Waals surface area contributed by atoms with E-state index in [2.05, 4.69) is 19.3 Å². The highest BCUT2D eigenvalue weighted by molar-refractivity contribution is 6.31. The van der Waals surface area contributed by atoms with Crippen LogP contribution in [0.15, 0.2) is 6.07 Å². The number of hydrogen-bond donors (Lipinski definition) is 2. The molecule has 0 bridgehead atoms. The fraction of sp³-hybridized carbons (Fsp3) is 0.538. The summed E-state index contributed by atoms with van der Waals surface area (Å²) in [6.07, 6.45) is 0.859. The molecular weight excluding hydrogens is 254 g/mol. The minimum atomic E-state index is 0.238. The van der Waals surface area contributed by atoms with E-state index < -0.39 is 0 Å². The maximum absolute atomic E-state index is 8.93. The van der Waals surface area contributed by atoms with Crippen LogP contribution in [0.2, 0.25) is 5.02 Å². The van der Waals surface area contributed by atoms with E-state index in [0.717, 1.165) is 23.3 Å². The summed E-state index contributed by atoms with van der Waals surface area (Å²) in [6.45, 7) is 5.71. The van der Waals surface area contributed by atoms with Gasteiger partial charge in [0.25, 0.3) is 0 Å². The van der Waals surface area contributed by atoms with Gasteiger partial charge in [-0.3, -0.25) is 0 Å². The second-order valence-electron chi connectivity index (χ2n) is 4.62. The largest absolute Gasteiger partial charge is 0.489 e. The van der Waals surface area contributed by atoms with Crippen LogP contribution in [0.4, 0.5) is 0 Å². The van der Waals surface area contributed by atoms with Crippen molar-refractivity contribution in [3.63, 3.8) is 0 Å². The molecule has 0 aliphatic carbocycles. The van der Waals surface area contributed by atoms with Gasteiger partial charge in [0, 0.05) is 29.6 Å². The zero-order valence-corrected chi connectivity index (χ0v) is 11.4. The van der Waals surface area contributed by atoms with Crippen LogP contribution in [0, 0.1) is 0 Å². The van der Waals surface area contributed by atoms with Crippen molar-refractivity contribution in [1.82, 2.24) is 5.48 Å². The maximum Gasteiger partial charge on any atom is 0.165 e. The lowest BCUT2D eigenvalue weighted by molar-refractivity contribution is 0.160. The smallest absolute Gasteiger partial charge is 0.165 e. The number of rotatable bonds is 3. The summed E-state index contributed by atoms with van der Waals surface area (Å²) in [5.41, 5.74) is 4.02. The normalized spacial score (nSPS) is 14.7. The Labute approximate surface area is 112 Å². The summed E-state index contributed by atoms with van der Waals surface area (Å²) < 4.78 is 11.5. The Balaban J connectivity index is 2.58. The van der Waals surface area contributed by atoms with Gasteiger partial charge in [-0.05, 0) is 11.5 Å². The van der Waals surface area contributed by atoms with Crippen molar-refractivity contribution in [2.24, 2.45) is 0 Å². The molecule has 0 aromatic heterocycles. The average Bonchev–Trinajstić information content (AvgIpc) is 2.54. The first kappa shape index (κ1) is 13.5. The Morgan fingerprint density at radius 1 is 1.39 bits per heavy atom. The SMILES string of the molecule is CC(C)c1c(CNO)c(Cl)cc2c1OCCCO2. The highest BCUT2D eigenvalue weighted by Gasteiger charge is 2.23. The molecule has 1 heterocycles. The quantitative estimate of drug-likeness (QED) is 0.830. The topological polar surface area (TPSA) is 50.7 Å². The molecule has 0 atom stereocenters. The van der Waals surface area contributed by atoms with Gasteiger partial charge in [-0.1, -0.05) is 25.4 Å². The highest BCUT2D eigenvalue weighted by Crippen LogP contribution is 2.43. The zero-order valence-electron chi connectivity index (χ0n) is 10.6. The van der Waals surface area contributed by atoms with Crippen LogP contribution in [-0.4, -0.2) is 18.4 Å². The number of nitrogens with one attached hydrogen (secondary N) is 1. The van der Waals surface area contributed by atoms with E-state index in [1.54, 1.807) is 6.07 Å². The van der Waals surface area contributed by atoms with Gasteiger partial charge in [0.1, 0.15) is 0 Å². The van der Waals surface area contributed by atoms with Crippen LogP contribution < -0.4 is 15.0 Å². The van der Waals surface area contributed by atoms with Crippen LogP contribution >= 0.6 is 11.6 Å². The standard InChI is InChI=1S/C13H18ClNO3/c1-8(2)12-9(7-15-16)10(14)6-11-13(12)18-5-3-4-17-11/h6,8,15-16H,3-5,7H2,1-2H3. The number of ether oxygens (including phenoxy) is 2. The molecule has 1 aromatic rings. The Hall–Kier alpha value is -0.970. The van der Waals surface area contributed by atoms with E-state index in [1.165, 1.54) is 0 Å². The first-order chi connectivity index (χ1) is 8.65. The molecule has 4 nitrogen and oxygen atoms in total. The number of hydroxylamine groups is 1. The molecule has 0 radical (unpaired) electrons. The van der Waals surface area contributed by atoms with Gasteiger partial charge in [0.15, 0.2) is 11.5 Å². The van der Waals surface area contributed by atoms with Crippen LogP contribution in [-0.2, 0) is 6.54 Å². The molecular formula is C13H18ClNO3. The van der Waals surface area contributed by atoms with Gasteiger partial charge in [0.2, 0.25) is 0 Å². The predicted octanol–water partition coefficient (Wildman–Crippen LogP) is 3.10. The van der Waals surface area contributed by atoms with Crippen molar-refractivity contribution in [2.75, 3.05) is 13.2 Å². The summed E-state index contributed by atoms with van der Waals surface area (Å²) in [5, 5.41) is 9.52. The summed E-state index contributed by atoms with van der Waals surface area (Å²) >= 11 is 6.26. The summed E-state index contributed by atoms with van der Waals surface area (Å²) in [5.74, 6) is 1.70. The molecule has 0 amide bonds. The molecule has 0 fully saturated rings. The van der Waals surface area contributed by atoms with Crippen LogP contribution in [0.5, 0.6) is 11.5 Å². The molecule has 0 unspecified atom stereocenters. The maximum atomic E-state index is 8.93. The minimum Gasteiger partial charge on any atom is -0.489 e. The Morgan fingerprint density at radius 3 is 2.78 bits per heavy atom. The lowest BCUT2D eigenvalue weighted by Gasteiger charge is -2.20. The van der Waals surface area contributed by atoms with Crippen molar-refractivity contribution in [2.45, 2.75) is 32.7 Å². The molecule has 1 aromatic carbocycles. The van der Waals surface area contributed by atoms with Crippen molar-refractivity contribution in [1.29, 1.82) is 0 Å². The van der Waals surface area contributed by atoms with E-state index in [4.69, 9.17) is 26.3 Å². The van der Waals surface area contributed by atoms with Gasteiger partial charge < -0.3 is 14.7 Å². The third kappa shape index (κ3) is 2.55. The highest BCUT2D eigenvalue weighted by atomic mass is 35.5. The van der Waals surface area contributed by atoms with Gasteiger partial charge in [-0.2, -0.15) is 0 Å². The van der Waals surface area contributed by atoms with Crippen molar-refractivity contribution in [3.05, 3.63) is 22.2 Å². The molecule has 5 heteroatoms. The zero-order chi connectivity index (χ0) is 13.1. The first-order valence-electron chi connectivity index (χ1n) is 6.13. The van der Waals surface area contributed by atoms with Crippen molar-refractivity contribution < 1.29 is 14.7 Å². The predicted molar refractivity (Wildman–Crippen MR) is 69.8 cm³/mol. The number of fused-ring (bicyclic) bond motifs is 1. The monoisotopic (exact) mass is 271 g/mol. The number of benzene rings is 1. The number of hydrogen-bond acceptors (Lipinski definition) is 4. The third-order valence-corrected chi connectivity index (χ3v) is 3.30. The minimum absolute atomic E-state index is 0.238. The Morgan fingerprint density at radius 2 is 2.11 bits per heavy atom. The van der Waals surface area contributed by atoms with Crippen LogP contribution in [0.25, 0.3) is 0 Å². The summed E-state index contributed by atoms with van der Waals surface area (Å²) in [6, 6.07) is 1.76. The third-order valence-electron chi connectivity index (χ3n) is 2.97. The van der Waals surface area contributed by atoms with Crippen LogP contribution in [0.3, 0.4) is 0 Å². The second kappa shape index (κ2) is 5.78. The van der Waals surface area contributed by atoms with Gasteiger partial charge in [0.05, 0.1) is 13.2 Å². The van der Waals surface area contributed by atoms with Gasteiger partial charge >= 0.3 is 0 Å². The second-order valence-corrected chi connectivity index (χ2v) is 5.03.